The van der Waals surface area contributed by atoms with Crippen LogP contribution in [0, 0.1) is 0 Å². The third kappa shape index (κ3) is 5.30. The molecule has 17 heavy (non-hydrogen) atoms. The molecule has 0 aliphatic heterocycles. The fourth-order valence-electron chi connectivity index (χ4n) is 2.14. The molecule has 4 heteroatoms. The van der Waals surface area contributed by atoms with Crippen molar-refractivity contribution in [1.82, 2.24) is 0 Å². The Morgan fingerprint density at radius 3 is 2.71 bits per heavy atom. The maximum atomic E-state index is 11.6. The van der Waals surface area contributed by atoms with Crippen LogP contribution in [0.5, 0.6) is 0 Å². The van der Waals surface area contributed by atoms with Crippen molar-refractivity contribution in [2.75, 3.05) is 12.4 Å². The summed E-state index contributed by atoms with van der Waals surface area (Å²) >= 11 is 2.04. The molecule has 1 unspecified atom stereocenters. The molecular weight excluding hydrogens is 234 g/mol. The van der Waals surface area contributed by atoms with E-state index in [9.17, 15) is 4.79 Å². The van der Waals surface area contributed by atoms with Gasteiger partial charge in [-0.2, -0.15) is 11.8 Å². The topological polar surface area (TPSA) is 52.3 Å². The van der Waals surface area contributed by atoms with Gasteiger partial charge in [0.1, 0.15) is 5.54 Å². The molecule has 0 spiro atoms. The highest BCUT2D eigenvalue weighted by Crippen LogP contribution is 2.30. The van der Waals surface area contributed by atoms with Gasteiger partial charge in [-0.3, -0.25) is 4.79 Å². The summed E-state index contributed by atoms with van der Waals surface area (Å²) in [5.41, 5.74) is 5.14. The van der Waals surface area contributed by atoms with E-state index in [0.717, 1.165) is 17.4 Å². The van der Waals surface area contributed by atoms with Crippen LogP contribution in [0.3, 0.4) is 0 Å². The van der Waals surface area contributed by atoms with Crippen molar-refractivity contribution in [3.05, 3.63) is 0 Å². The molecule has 0 heterocycles. The molecule has 0 aromatic heterocycles. The van der Waals surface area contributed by atoms with Crippen LogP contribution in [-0.2, 0) is 9.53 Å². The van der Waals surface area contributed by atoms with E-state index in [0.29, 0.717) is 13.0 Å². The Bertz CT molecular complexity index is 238. The van der Waals surface area contributed by atoms with Crippen molar-refractivity contribution in [3.63, 3.8) is 0 Å². The molecule has 0 amide bonds. The maximum Gasteiger partial charge on any atom is 0.325 e. The molecule has 0 bridgehead atoms. The van der Waals surface area contributed by atoms with Crippen LogP contribution in [-0.4, -0.2) is 29.1 Å². The zero-order chi connectivity index (χ0) is 12.7. The van der Waals surface area contributed by atoms with Gasteiger partial charge in [0.05, 0.1) is 6.61 Å². The van der Waals surface area contributed by atoms with E-state index in [1.165, 1.54) is 25.7 Å². The van der Waals surface area contributed by atoms with E-state index in [1.807, 2.05) is 18.7 Å². The summed E-state index contributed by atoms with van der Waals surface area (Å²) < 4.78 is 4.97. The van der Waals surface area contributed by atoms with Crippen LogP contribution in [0.15, 0.2) is 0 Å². The number of esters is 1. The average molecular weight is 259 g/mol. The first kappa shape index (κ1) is 14.8. The Balaban J connectivity index is 2.13. The molecule has 1 fully saturated rings. The first-order valence-corrected chi connectivity index (χ1v) is 7.69. The average Bonchev–Trinajstić information content (AvgIpc) is 2.77. The highest BCUT2D eigenvalue weighted by Gasteiger charge is 2.29. The van der Waals surface area contributed by atoms with E-state index in [1.54, 1.807) is 6.92 Å². The van der Waals surface area contributed by atoms with E-state index in [-0.39, 0.29) is 5.97 Å². The van der Waals surface area contributed by atoms with Crippen molar-refractivity contribution in [1.29, 1.82) is 0 Å². The zero-order valence-corrected chi connectivity index (χ0v) is 11.9. The van der Waals surface area contributed by atoms with Gasteiger partial charge in [-0.05, 0) is 45.3 Å². The molecule has 1 aliphatic carbocycles. The quantitative estimate of drug-likeness (QED) is 0.564. The second-order valence-electron chi connectivity index (χ2n) is 5.02. The van der Waals surface area contributed by atoms with Crippen molar-refractivity contribution in [2.24, 2.45) is 5.73 Å². The molecule has 1 atom stereocenters. The van der Waals surface area contributed by atoms with Gasteiger partial charge in [0, 0.05) is 5.25 Å². The number of rotatable bonds is 7. The molecule has 100 valence electrons. The summed E-state index contributed by atoms with van der Waals surface area (Å²) in [7, 11) is 0. The number of ether oxygens (including phenoxy) is 1. The van der Waals surface area contributed by atoms with Crippen LogP contribution in [0.2, 0.25) is 0 Å². The smallest absolute Gasteiger partial charge is 0.325 e. The lowest BCUT2D eigenvalue weighted by molar-refractivity contribution is -0.149. The lowest BCUT2D eigenvalue weighted by Gasteiger charge is -2.22. The molecule has 0 aromatic rings. The number of carbonyl (C=O) groups is 1. The van der Waals surface area contributed by atoms with Gasteiger partial charge in [0.2, 0.25) is 0 Å². The van der Waals surface area contributed by atoms with Crippen molar-refractivity contribution < 1.29 is 9.53 Å². The number of hydrogen-bond acceptors (Lipinski definition) is 4. The van der Waals surface area contributed by atoms with Crippen LogP contribution in [0.4, 0.5) is 0 Å². The number of hydrogen-bond donors (Lipinski definition) is 1. The van der Waals surface area contributed by atoms with Gasteiger partial charge in [0.25, 0.3) is 0 Å². The number of thioether (sulfide) groups is 1. The van der Waals surface area contributed by atoms with E-state index in [2.05, 4.69) is 0 Å². The Kier molecular flexibility index (Phi) is 6.34. The third-order valence-electron chi connectivity index (χ3n) is 3.24. The summed E-state index contributed by atoms with van der Waals surface area (Å²) in [4.78, 5) is 11.6. The lowest BCUT2D eigenvalue weighted by atomic mass is 9.98. The fourth-order valence-corrected chi connectivity index (χ4v) is 3.45. The zero-order valence-electron chi connectivity index (χ0n) is 11.0. The van der Waals surface area contributed by atoms with Gasteiger partial charge in [-0.1, -0.05) is 12.8 Å². The van der Waals surface area contributed by atoms with Crippen LogP contribution >= 0.6 is 11.8 Å². The summed E-state index contributed by atoms with van der Waals surface area (Å²) in [6, 6.07) is 0. The second-order valence-corrected chi connectivity index (χ2v) is 6.43. The minimum absolute atomic E-state index is 0.272. The lowest BCUT2D eigenvalue weighted by Crippen LogP contribution is -2.46. The monoisotopic (exact) mass is 259 g/mol. The first-order chi connectivity index (χ1) is 8.06. The van der Waals surface area contributed by atoms with Gasteiger partial charge in [-0.15, -0.1) is 0 Å². The molecule has 0 radical (unpaired) electrons. The first-order valence-electron chi connectivity index (χ1n) is 6.64. The van der Waals surface area contributed by atoms with Gasteiger partial charge in [0.15, 0.2) is 0 Å². The minimum atomic E-state index is -0.813. The normalized spacial score (nSPS) is 20.2. The Hall–Kier alpha value is -0.220. The highest BCUT2D eigenvalue weighted by atomic mass is 32.2. The molecule has 3 nitrogen and oxygen atoms in total. The van der Waals surface area contributed by atoms with Crippen molar-refractivity contribution >= 4 is 17.7 Å². The third-order valence-corrected chi connectivity index (χ3v) is 4.71. The molecule has 2 N–H and O–H groups in total. The van der Waals surface area contributed by atoms with Crippen molar-refractivity contribution in [3.8, 4) is 0 Å². The summed E-state index contributed by atoms with van der Waals surface area (Å²) in [5, 5.41) is 0.849. The van der Waals surface area contributed by atoms with Crippen LogP contribution < -0.4 is 5.73 Å². The van der Waals surface area contributed by atoms with Gasteiger partial charge < -0.3 is 10.5 Å². The molecule has 1 rings (SSSR count). The van der Waals surface area contributed by atoms with Gasteiger partial charge >= 0.3 is 5.97 Å². The number of nitrogens with two attached hydrogens (primary N) is 1. The Morgan fingerprint density at radius 1 is 1.47 bits per heavy atom. The molecule has 1 saturated carbocycles. The molecule has 0 saturated heterocycles. The predicted octanol–water partition coefficient (Wildman–Crippen LogP) is 2.72. The summed E-state index contributed by atoms with van der Waals surface area (Å²) in [6.07, 6.45) is 7.20. The standard InChI is InChI=1S/C13H25NO2S/c1-3-16-12(15)13(2,14)9-6-10-17-11-7-4-5-8-11/h11H,3-10,14H2,1-2H3. The Morgan fingerprint density at radius 2 is 2.12 bits per heavy atom. The SMILES string of the molecule is CCOC(=O)C(C)(N)CCCSC1CCCC1. The fraction of sp³-hybridized carbons (Fsp3) is 0.923. The summed E-state index contributed by atoms with van der Waals surface area (Å²) in [6.45, 7) is 3.98. The highest BCUT2D eigenvalue weighted by molar-refractivity contribution is 7.99. The van der Waals surface area contributed by atoms with Crippen LogP contribution in [0.1, 0.15) is 52.4 Å². The predicted molar refractivity (Wildman–Crippen MR) is 73.2 cm³/mol. The Labute approximate surface area is 109 Å². The number of carbonyl (C=O) groups excluding carboxylic acids is 1. The summed E-state index contributed by atoms with van der Waals surface area (Å²) in [5.74, 6) is 0.836. The van der Waals surface area contributed by atoms with E-state index < -0.39 is 5.54 Å². The minimum Gasteiger partial charge on any atom is -0.465 e. The van der Waals surface area contributed by atoms with E-state index in [4.69, 9.17) is 10.5 Å². The van der Waals surface area contributed by atoms with Gasteiger partial charge in [-0.25, -0.2) is 0 Å². The molecule has 0 aromatic carbocycles. The molecule has 1 aliphatic rings. The van der Waals surface area contributed by atoms with Crippen molar-refractivity contribution in [2.45, 2.75) is 63.2 Å². The molecular formula is C13H25NO2S. The van der Waals surface area contributed by atoms with E-state index >= 15 is 0 Å². The van der Waals surface area contributed by atoms with Crippen LogP contribution in [0.25, 0.3) is 0 Å². The largest absolute Gasteiger partial charge is 0.465 e. The maximum absolute atomic E-state index is 11.6. The second kappa shape index (κ2) is 7.27.